The van der Waals surface area contributed by atoms with Crippen LogP contribution in [0.5, 0.6) is 5.75 Å². The lowest BCUT2D eigenvalue weighted by Gasteiger charge is -2.08. The zero-order valence-corrected chi connectivity index (χ0v) is 13.4. The van der Waals surface area contributed by atoms with Gasteiger partial charge in [-0.2, -0.15) is 8.42 Å². The number of benzene rings is 2. The van der Waals surface area contributed by atoms with Crippen LogP contribution in [0.25, 0.3) is 5.69 Å². The average Bonchev–Trinajstić information content (AvgIpc) is 3.02. The summed E-state index contributed by atoms with van der Waals surface area (Å²) in [6.45, 7) is 0. The Morgan fingerprint density at radius 1 is 1.05 bits per heavy atom. The number of aromatic nitrogens is 4. The van der Waals surface area contributed by atoms with Gasteiger partial charge >= 0.3 is 10.1 Å². The molecule has 0 radical (unpaired) electrons. The lowest BCUT2D eigenvalue weighted by atomic mass is 10.3. The zero-order chi connectivity index (χ0) is 15.6. The summed E-state index contributed by atoms with van der Waals surface area (Å²) in [4.78, 5) is 0.0690. The molecule has 0 aliphatic carbocycles. The van der Waals surface area contributed by atoms with Crippen LogP contribution in [0.15, 0.2) is 64.2 Å². The van der Waals surface area contributed by atoms with Crippen LogP contribution in [0.1, 0.15) is 0 Å². The molecule has 0 aliphatic heterocycles. The van der Waals surface area contributed by atoms with Crippen LogP contribution in [-0.2, 0) is 10.1 Å². The van der Waals surface area contributed by atoms with Crippen LogP contribution in [0.4, 0.5) is 0 Å². The third-order valence-electron chi connectivity index (χ3n) is 2.76. The molecule has 22 heavy (non-hydrogen) atoms. The second kappa shape index (κ2) is 5.85. The van der Waals surface area contributed by atoms with E-state index in [0.29, 0.717) is 10.2 Å². The summed E-state index contributed by atoms with van der Waals surface area (Å²) in [5.74, 6) is 0.201. The average molecular weight is 381 g/mol. The van der Waals surface area contributed by atoms with E-state index in [2.05, 4.69) is 31.5 Å². The summed E-state index contributed by atoms with van der Waals surface area (Å²) in [6.07, 6.45) is 1.44. The predicted octanol–water partition coefficient (Wildman–Crippen LogP) is 2.19. The Balaban J connectivity index is 1.86. The lowest BCUT2D eigenvalue weighted by Crippen LogP contribution is -2.10. The summed E-state index contributed by atoms with van der Waals surface area (Å²) in [5, 5.41) is 10.8. The molecule has 0 amide bonds. The third kappa shape index (κ3) is 3.00. The minimum Gasteiger partial charge on any atom is -0.379 e. The molecule has 0 unspecified atom stereocenters. The normalized spacial score (nSPS) is 11.3. The minimum atomic E-state index is -3.90. The molecular weight excluding hydrogens is 372 g/mol. The summed E-state index contributed by atoms with van der Waals surface area (Å²) in [7, 11) is -3.90. The molecule has 0 atom stereocenters. The van der Waals surface area contributed by atoms with Gasteiger partial charge in [0.05, 0.1) is 5.69 Å². The van der Waals surface area contributed by atoms with Gasteiger partial charge in [-0.05, 0) is 62.8 Å². The third-order valence-corrected chi connectivity index (χ3v) is 5.02. The van der Waals surface area contributed by atoms with Gasteiger partial charge in [0.2, 0.25) is 0 Å². The molecule has 0 aliphatic rings. The minimum absolute atomic E-state index is 0.0690. The van der Waals surface area contributed by atoms with E-state index >= 15 is 0 Å². The monoisotopic (exact) mass is 380 g/mol. The maximum atomic E-state index is 12.2. The molecule has 9 heteroatoms. The number of hydrogen-bond acceptors (Lipinski definition) is 6. The first-order chi connectivity index (χ1) is 10.6. The molecule has 0 spiro atoms. The SMILES string of the molecule is O=S(=O)(Oc1ccc(-n2cnnn2)cc1)c1ccccc1Br. The molecule has 0 saturated heterocycles. The highest BCUT2D eigenvalue weighted by molar-refractivity contribution is 9.10. The quantitative estimate of drug-likeness (QED) is 0.644. The molecule has 3 aromatic rings. The molecule has 112 valence electrons. The fourth-order valence-electron chi connectivity index (χ4n) is 1.75. The van der Waals surface area contributed by atoms with Crippen molar-refractivity contribution >= 4 is 26.0 Å². The van der Waals surface area contributed by atoms with Crippen molar-refractivity contribution in [2.24, 2.45) is 0 Å². The van der Waals surface area contributed by atoms with E-state index in [-0.39, 0.29) is 10.6 Å². The maximum Gasteiger partial charge on any atom is 0.340 e. The highest BCUT2D eigenvalue weighted by Crippen LogP contribution is 2.25. The summed E-state index contributed by atoms with van der Waals surface area (Å²) < 4.78 is 31.5. The van der Waals surface area contributed by atoms with Gasteiger partial charge in [0, 0.05) is 4.47 Å². The fourth-order valence-corrected chi connectivity index (χ4v) is 3.64. The smallest absolute Gasteiger partial charge is 0.340 e. The summed E-state index contributed by atoms with van der Waals surface area (Å²) in [6, 6.07) is 12.8. The maximum absolute atomic E-state index is 12.2. The van der Waals surface area contributed by atoms with Crippen LogP contribution in [0, 0.1) is 0 Å². The van der Waals surface area contributed by atoms with Crippen molar-refractivity contribution in [1.82, 2.24) is 20.2 Å². The molecule has 1 aromatic heterocycles. The topological polar surface area (TPSA) is 87.0 Å². The highest BCUT2D eigenvalue weighted by atomic mass is 79.9. The number of halogens is 1. The number of tetrazole rings is 1. The molecule has 7 nitrogen and oxygen atoms in total. The first-order valence-corrected chi connectivity index (χ1v) is 8.29. The molecule has 0 fully saturated rings. The number of nitrogens with zero attached hydrogens (tertiary/aromatic N) is 4. The van der Waals surface area contributed by atoms with Crippen LogP contribution in [0.3, 0.4) is 0 Å². The Morgan fingerprint density at radius 2 is 1.77 bits per heavy atom. The van der Waals surface area contributed by atoms with Gasteiger partial charge in [-0.25, -0.2) is 4.68 Å². The first kappa shape index (κ1) is 14.7. The Morgan fingerprint density at radius 3 is 2.41 bits per heavy atom. The number of rotatable bonds is 4. The van der Waals surface area contributed by atoms with Gasteiger partial charge in [-0.1, -0.05) is 12.1 Å². The molecule has 1 heterocycles. The van der Waals surface area contributed by atoms with Gasteiger partial charge < -0.3 is 4.18 Å². The van der Waals surface area contributed by atoms with Gasteiger partial charge in [0.25, 0.3) is 0 Å². The van der Waals surface area contributed by atoms with Crippen molar-refractivity contribution in [3.05, 3.63) is 59.3 Å². The Labute approximate surface area is 134 Å². The second-order valence-corrected chi connectivity index (χ2v) is 6.59. The van der Waals surface area contributed by atoms with Crippen LogP contribution in [0.2, 0.25) is 0 Å². The molecular formula is C13H9BrN4O3S. The second-order valence-electron chi connectivity index (χ2n) is 4.22. The molecule has 0 bridgehead atoms. The Bertz CT molecular complexity index is 880. The standard InChI is InChI=1S/C13H9BrN4O3S/c14-12-3-1-2-4-13(12)22(19,20)21-11-7-5-10(6-8-11)18-9-15-16-17-18/h1-9H. The van der Waals surface area contributed by atoms with E-state index in [1.807, 2.05) is 0 Å². The van der Waals surface area contributed by atoms with Gasteiger partial charge in [0.15, 0.2) is 0 Å². The first-order valence-electron chi connectivity index (χ1n) is 6.09. The number of hydrogen-bond donors (Lipinski definition) is 0. The van der Waals surface area contributed by atoms with Crippen molar-refractivity contribution in [2.45, 2.75) is 4.90 Å². The summed E-state index contributed by atoms with van der Waals surface area (Å²) in [5.41, 5.74) is 0.690. The van der Waals surface area contributed by atoms with Crippen LogP contribution >= 0.6 is 15.9 Å². The van der Waals surface area contributed by atoms with E-state index in [1.54, 1.807) is 30.3 Å². The van der Waals surface area contributed by atoms with Crippen molar-refractivity contribution in [3.63, 3.8) is 0 Å². The van der Waals surface area contributed by atoms with E-state index in [0.717, 1.165) is 0 Å². The van der Waals surface area contributed by atoms with Gasteiger partial charge in [0.1, 0.15) is 17.0 Å². The van der Waals surface area contributed by atoms with Crippen molar-refractivity contribution < 1.29 is 12.6 Å². The van der Waals surface area contributed by atoms with Gasteiger partial charge in [-0.3, -0.25) is 0 Å². The lowest BCUT2D eigenvalue weighted by molar-refractivity contribution is 0.485. The van der Waals surface area contributed by atoms with E-state index < -0.39 is 10.1 Å². The van der Waals surface area contributed by atoms with Gasteiger partial charge in [-0.15, -0.1) is 5.10 Å². The fraction of sp³-hybridized carbons (Fsp3) is 0. The largest absolute Gasteiger partial charge is 0.379 e. The highest BCUT2D eigenvalue weighted by Gasteiger charge is 2.19. The van der Waals surface area contributed by atoms with Crippen molar-refractivity contribution in [2.75, 3.05) is 0 Å². The zero-order valence-electron chi connectivity index (χ0n) is 11.0. The van der Waals surface area contributed by atoms with E-state index in [9.17, 15) is 8.42 Å². The predicted molar refractivity (Wildman–Crippen MR) is 81.1 cm³/mol. The molecule has 2 aromatic carbocycles. The molecule has 3 rings (SSSR count). The van der Waals surface area contributed by atoms with Crippen LogP contribution < -0.4 is 4.18 Å². The Kier molecular flexibility index (Phi) is 3.90. The van der Waals surface area contributed by atoms with E-state index in [4.69, 9.17) is 4.18 Å². The molecule has 0 saturated carbocycles. The summed E-state index contributed by atoms with van der Waals surface area (Å²) >= 11 is 3.20. The van der Waals surface area contributed by atoms with E-state index in [1.165, 1.54) is 29.2 Å². The Hall–Kier alpha value is -2.26. The van der Waals surface area contributed by atoms with Crippen molar-refractivity contribution in [1.29, 1.82) is 0 Å². The van der Waals surface area contributed by atoms with Crippen LogP contribution in [-0.4, -0.2) is 28.6 Å². The van der Waals surface area contributed by atoms with Crippen molar-refractivity contribution in [3.8, 4) is 11.4 Å². The molecule has 0 N–H and O–H groups in total.